The minimum Gasteiger partial charge on any atom is -0.488 e. The summed E-state index contributed by atoms with van der Waals surface area (Å²) in [5, 5.41) is 9.49. The zero-order valence-corrected chi connectivity index (χ0v) is 16.5. The summed E-state index contributed by atoms with van der Waals surface area (Å²) in [6.45, 7) is 0.357. The van der Waals surface area contributed by atoms with Gasteiger partial charge in [0.15, 0.2) is 0 Å². The monoisotopic (exact) mass is 407 g/mol. The quantitative estimate of drug-likeness (QED) is 0.572. The van der Waals surface area contributed by atoms with E-state index in [4.69, 9.17) is 17.0 Å². The average Bonchev–Trinajstić information content (AvgIpc) is 2.89. The number of carbonyl (C=O) groups excluding carboxylic acids is 1. The van der Waals surface area contributed by atoms with Gasteiger partial charge in [-0.25, -0.2) is 4.79 Å². The average molecular weight is 408 g/mol. The van der Waals surface area contributed by atoms with Gasteiger partial charge in [0.2, 0.25) is 0 Å². The van der Waals surface area contributed by atoms with Crippen molar-refractivity contribution in [2.24, 2.45) is 0 Å². The Hall–Kier alpha value is -1.77. The van der Waals surface area contributed by atoms with Gasteiger partial charge in [-0.15, -0.1) is 0 Å². The van der Waals surface area contributed by atoms with E-state index < -0.39 is 12.0 Å². The third-order valence-corrected chi connectivity index (χ3v) is 5.96. The van der Waals surface area contributed by atoms with Crippen LogP contribution in [-0.4, -0.2) is 50.9 Å². The molecule has 1 aromatic carbocycles. The molecular weight excluding hydrogens is 390 g/mol. The van der Waals surface area contributed by atoms with Gasteiger partial charge in [-0.2, -0.15) is 11.8 Å². The SMILES string of the molecule is CSCCC(C(=O)O)N1C(=O)C(=CC2=Cc3ccccc3OC2)SC1=S. The van der Waals surface area contributed by atoms with Crippen LogP contribution >= 0.6 is 35.7 Å². The van der Waals surface area contributed by atoms with E-state index in [1.165, 1.54) is 16.7 Å². The highest BCUT2D eigenvalue weighted by atomic mass is 32.2. The summed E-state index contributed by atoms with van der Waals surface area (Å²) in [4.78, 5) is 26.0. The number of rotatable bonds is 6. The van der Waals surface area contributed by atoms with Crippen LogP contribution in [0.15, 0.2) is 40.8 Å². The first-order valence-corrected chi connectivity index (χ1v) is 10.5. The number of carboxylic acids is 1. The normalized spacial score (nSPS) is 19.2. The molecule has 0 radical (unpaired) electrons. The van der Waals surface area contributed by atoms with Crippen molar-refractivity contribution >= 4 is 58.0 Å². The van der Waals surface area contributed by atoms with Crippen LogP contribution in [0.3, 0.4) is 0 Å². The fraction of sp³-hybridized carbons (Fsp3) is 0.278. The summed E-state index contributed by atoms with van der Waals surface area (Å²) in [5.74, 6) is 0.0577. The number of ether oxygens (including phenoxy) is 1. The van der Waals surface area contributed by atoms with Gasteiger partial charge in [-0.05, 0) is 42.2 Å². The maximum Gasteiger partial charge on any atom is 0.326 e. The van der Waals surface area contributed by atoms with Crippen LogP contribution in [0, 0.1) is 0 Å². The largest absolute Gasteiger partial charge is 0.488 e. The highest BCUT2D eigenvalue weighted by Crippen LogP contribution is 2.35. The smallest absolute Gasteiger partial charge is 0.326 e. The van der Waals surface area contributed by atoms with Crippen molar-refractivity contribution in [3.05, 3.63) is 46.4 Å². The lowest BCUT2D eigenvalue weighted by Crippen LogP contribution is -2.44. The van der Waals surface area contributed by atoms with Crippen LogP contribution in [-0.2, 0) is 9.59 Å². The fourth-order valence-corrected chi connectivity index (χ4v) is 4.56. The molecule has 0 spiro atoms. The Morgan fingerprint density at radius 1 is 1.50 bits per heavy atom. The molecule has 1 saturated heterocycles. The van der Waals surface area contributed by atoms with Crippen molar-refractivity contribution in [3.8, 4) is 5.75 Å². The van der Waals surface area contributed by atoms with E-state index in [-0.39, 0.29) is 10.2 Å². The van der Waals surface area contributed by atoms with Crippen LogP contribution in [0.5, 0.6) is 5.75 Å². The topological polar surface area (TPSA) is 66.8 Å². The maximum absolute atomic E-state index is 12.8. The van der Waals surface area contributed by atoms with Gasteiger partial charge in [-0.3, -0.25) is 9.69 Å². The molecule has 5 nitrogen and oxygen atoms in total. The number of hydrogen-bond donors (Lipinski definition) is 1. The van der Waals surface area contributed by atoms with Crippen LogP contribution in [0.4, 0.5) is 0 Å². The van der Waals surface area contributed by atoms with Crippen molar-refractivity contribution < 1.29 is 19.4 Å². The number of hydrogen-bond acceptors (Lipinski definition) is 6. The Labute approximate surface area is 165 Å². The van der Waals surface area contributed by atoms with Crippen molar-refractivity contribution in [1.29, 1.82) is 0 Å². The van der Waals surface area contributed by atoms with E-state index in [2.05, 4.69) is 0 Å². The third-order valence-electron chi connectivity index (χ3n) is 3.99. The predicted molar refractivity (Wildman–Crippen MR) is 109 cm³/mol. The van der Waals surface area contributed by atoms with Crippen LogP contribution < -0.4 is 4.74 Å². The van der Waals surface area contributed by atoms with Crippen molar-refractivity contribution in [2.45, 2.75) is 12.5 Å². The molecule has 0 aromatic heterocycles. The molecule has 3 rings (SSSR count). The number of thioether (sulfide) groups is 2. The van der Waals surface area contributed by atoms with Crippen molar-refractivity contribution in [3.63, 3.8) is 0 Å². The number of amides is 1. The summed E-state index contributed by atoms with van der Waals surface area (Å²) in [6.07, 6.45) is 5.96. The first-order valence-electron chi connectivity index (χ1n) is 7.92. The Morgan fingerprint density at radius 2 is 2.27 bits per heavy atom. The molecule has 1 fully saturated rings. The molecule has 1 amide bonds. The Morgan fingerprint density at radius 3 is 3.00 bits per heavy atom. The number of carbonyl (C=O) groups is 2. The van der Waals surface area contributed by atoms with E-state index in [9.17, 15) is 14.7 Å². The number of benzene rings is 1. The van der Waals surface area contributed by atoms with Gasteiger partial charge >= 0.3 is 5.97 Å². The summed E-state index contributed by atoms with van der Waals surface area (Å²) in [5.41, 5.74) is 1.80. The summed E-state index contributed by atoms with van der Waals surface area (Å²) >= 11 is 7.96. The third kappa shape index (κ3) is 3.97. The first kappa shape index (κ1) is 19.0. The zero-order valence-electron chi connectivity index (χ0n) is 14.0. The molecule has 26 heavy (non-hydrogen) atoms. The summed E-state index contributed by atoms with van der Waals surface area (Å²) < 4.78 is 5.98. The zero-order chi connectivity index (χ0) is 18.7. The predicted octanol–water partition coefficient (Wildman–Crippen LogP) is 3.41. The Balaban J connectivity index is 1.83. The number of para-hydroxylation sites is 1. The lowest BCUT2D eigenvalue weighted by Gasteiger charge is -2.22. The molecule has 2 heterocycles. The number of thiocarbonyl (C=S) groups is 1. The second-order valence-corrected chi connectivity index (χ2v) is 8.39. The highest BCUT2D eigenvalue weighted by molar-refractivity contribution is 8.26. The van der Waals surface area contributed by atoms with Gasteiger partial charge in [0.05, 0.1) is 4.91 Å². The van der Waals surface area contributed by atoms with E-state index >= 15 is 0 Å². The van der Waals surface area contributed by atoms with E-state index in [1.807, 2.05) is 36.6 Å². The highest BCUT2D eigenvalue weighted by Gasteiger charge is 2.40. The molecule has 1 unspecified atom stereocenters. The number of aliphatic carboxylic acids is 1. The molecule has 1 atom stereocenters. The van der Waals surface area contributed by atoms with Gasteiger partial charge in [-0.1, -0.05) is 42.2 Å². The van der Waals surface area contributed by atoms with Gasteiger partial charge in [0, 0.05) is 5.56 Å². The second kappa shape index (κ2) is 8.28. The number of carboxylic acid groups (broad SMARTS) is 1. The number of fused-ring (bicyclic) bond motifs is 1. The molecule has 8 heteroatoms. The minimum atomic E-state index is -1.04. The summed E-state index contributed by atoms with van der Waals surface area (Å²) in [7, 11) is 0. The van der Waals surface area contributed by atoms with E-state index in [0.29, 0.717) is 23.7 Å². The molecule has 2 aliphatic heterocycles. The van der Waals surface area contributed by atoms with Crippen LogP contribution in [0.1, 0.15) is 12.0 Å². The Kier molecular flexibility index (Phi) is 6.05. The molecule has 2 aliphatic rings. The van der Waals surface area contributed by atoms with E-state index in [0.717, 1.165) is 28.6 Å². The van der Waals surface area contributed by atoms with Gasteiger partial charge in [0.25, 0.3) is 5.91 Å². The van der Waals surface area contributed by atoms with Crippen LogP contribution in [0.25, 0.3) is 6.08 Å². The lowest BCUT2D eigenvalue weighted by molar-refractivity contribution is -0.145. The van der Waals surface area contributed by atoms with Crippen molar-refractivity contribution in [2.75, 3.05) is 18.6 Å². The van der Waals surface area contributed by atoms with Gasteiger partial charge in [0.1, 0.15) is 22.7 Å². The second-order valence-electron chi connectivity index (χ2n) is 5.73. The number of nitrogens with zero attached hydrogens (tertiary/aromatic N) is 1. The fourth-order valence-electron chi connectivity index (χ4n) is 2.73. The summed E-state index contributed by atoms with van der Waals surface area (Å²) in [6, 6.07) is 6.73. The van der Waals surface area contributed by atoms with Gasteiger partial charge < -0.3 is 9.84 Å². The molecule has 136 valence electrons. The Bertz CT molecular complexity index is 818. The van der Waals surface area contributed by atoms with Crippen LogP contribution in [0.2, 0.25) is 0 Å². The molecular formula is C18H17NO4S3. The first-order chi connectivity index (χ1) is 12.5. The molecule has 1 N–H and O–H groups in total. The van der Waals surface area contributed by atoms with E-state index in [1.54, 1.807) is 6.08 Å². The molecule has 0 bridgehead atoms. The molecule has 0 aliphatic carbocycles. The van der Waals surface area contributed by atoms with Crippen molar-refractivity contribution in [1.82, 2.24) is 4.90 Å². The standard InChI is InChI=1S/C18H17NO4S3/c1-25-7-6-13(17(21)22)19-16(20)15(26-18(19)24)9-11-8-12-4-2-3-5-14(12)23-10-11/h2-5,8-9,13H,6-7,10H2,1H3,(H,21,22). The minimum absolute atomic E-state index is 0.285. The lowest BCUT2D eigenvalue weighted by atomic mass is 10.1. The molecule has 0 saturated carbocycles. The molecule has 1 aromatic rings. The maximum atomic E-state index is 12.8.